The van der Waals surface area contributed by atoms with E-state index in [4.69, 9.17) is 0 Å². The lowest BCUT2D eigenvalue weighted by molar-refractivity contribution is -0.153. The number of pyridine rings is 1. The van der Waals surface area contributed by atoms with Crippen molar-refractivity contribution in [3.8, 4) is 5.75 Å². The number of aromatic nitrogens is 1. The van der Waals surface area contributed by atoms with Crippen LogP contribution < -0.4 is 14.8 Å². The van der Waals surface area contributed by atoms with Gasteiger partial charge in [0, 0.05) is 11.8 Å². The number of benzene rings is 1. The molecule has 0 saturated carbocycles. The topological polar surface area (TPSA) is 141 Å². The number of alkyl halides is 3. The van der Waals surface area contributed by atoms with E-state index in [1.165, 1.54) is 0 Å². The SMILES string of the molecule is COC(=O)CNC(=O)c1cc(C(=O)NS(=O)(=O)c2ccc(OCC(F)(F)F)cc2)ccn1. The smallest absolute Gasteiger partial charge is 0.422 e. The van der Waals surface area contributed by atoms with Gasteiger partial charge in [-0.25, -0.2) is 13.1 Å². The molecule has 0 fully saturated rings. The van der Waals surface area contributed by atoms with Crippen LogP contribution in [0.3, 0.4) is 0 Å². The molecular formula is C18H16F3N3O7S. The van der Waals surface area contributed by atoms with Gasteiger partial charge >= 0.3 is 12.1 Å². The summed E-state index contributed by atoms with van der Waals surface area (Å²) in [6, 6.07) is 6.07. The van der Waals surface area contributed by atoms with Gasteiger partial charge < -0.3 is 14.8 Å². The minimum absolute atomic E-state index is 0.218. The van der Waals surface area contributed by atoms with Crippen LogP contribution in [0.25, 0.3) is 0 Å². The summed E-state index contributed by atoms with van der Waals surface area (Å²) in [6.45, 7) is -1.99. The van der Waals surface area contributed by atoms with Crippen LogP contribution in [0.4, 0.5) is 13.2 Å². The minimum Gasteiger partial charge on any atom is -0.484 e. The van der Waals surface area contributed by atoms with Crippen LogP contribution in [0.1, 0.15) is 20.8 Å². The first-order valence-electron chi connectivity index (χ1n) is 8.59. The van der Waals surface area contributed by atoms with E-state index in [2.05, 4.69) is 19.8 Å². The molecule has 0 atom stereocenters. The highest BCUT2D eigenvalue weighted by Gasteiger charge is 2.28. The van der Waals surface area contributed by atoms with Gasteiger partial charge in [-0.15, -0.1) is 0 Å². The van der Waals surface area contributed by atoms with E-state index in [0.717, 1.165) is 49.7 Å². The molecule has 2 amide bonds. The molecule has 2 rings (SSSR count). The van der Waals surface area contributed by atoms with Gasteiger partial charge in [0.25, 0.3) is 21.8 Å². The summed E-state index contributed by atoms with van der Waals surface area (Å²) in [4.78, 5) is 38.7. The lowest BCUT2D eigenvalue weighted by Gasteiger charge is -2.10. The first kappa shape index (κ1) is 24.6. The van der Waals surface area contributed by atoms with Crippen LogP contribution in [0.2, 0.25) is 0 Å². The standard InChI is InChI=1S/C18H16F3N3O7S/c1-30-15(25)9-23-17(27)14-8-11(6-7-22-14)16(26)24-32(28,29)13-4-2-12(3-5-13)31-10-18(19,20)21/h2-8H,9-10H2,1H3,(H,23,27)(H,24,26). The van der Waals surface area contributed by atoms with Crippen molar-refractivity contribution < 1.29 is 45.4 Å². The van der Waals surface area contributed by atoms with E-state index < -0.39 is 52.0 Å². The Bertz CT molecular complexity index is 1100. The number of carbonyl (C=O) groups is 3. The fourth-order valence-electron chi connectivity index (χ4n) is 2.13. The van der Waals surface area contributed by atoms with Crippen molar-refractivity contribution in [2.24, 2.45) is 0 Å². The Morgan fingerprint density at radius 1 is 1.06 bits per heavy atom. The average molecular weight is 475 g/mol. The second-order valence-electron chi connectivity index (χ2n) is 6.00. The molecule has 0 aliphatic heterocycles. The number of amides is 2. The summed E-state index contributed by atoms with van der Waals surface area (Å²) in [5.41, 5.74) is -0.484. The fraction of sp³-hybridized carbons (Fsp3) is 0.222. The molecule has 14 heteroatoms. The van der Waals surface area contributed by atoms with Crippen LogP contribution in [-0.4, -0.2) is 57.6 Å². The Kier molecular flexibility index (Phi) is 7.75. The van der Waals surface area contributed by atoms with Gasteiger partial charge in [-0.3, -0.25) is 19.4 Å². The van der Waals surface area contributed by atoms with E-state index in [-0.39, 0.29) is 17.0 Å². The van der Waals surface area contributed by atoms with Crippen molar-refractivity contribution in [2.75, 3.05) is 20.3 Å². The number of nitrogens with one attached hydrogen (secondary N) is 2. The molecule has 10 nitrogen and oxygen atoms in total. The monoisotopic (exact) mass is 475 g/mol. The lowest BCUT2D eigenvalue weighted by Crippen LogP contribution is -2.32. The molecule has 32 heavy (non-hydrogen) atoms. The van der Waals surface area contributed by atoms with E-state index in [1.54, 1.807) is 4.72 Å². The number of ether oxygens (including phenoxy) is 2. The van der Waals surface area contributed by atoms with Gasteiger partial charge in [-0.1, -0.05) is 0 Å². The summed E-state index contributed by atoms with van der Waals surface area (Å²) in [6.07, 6.45) is -3.47. The number of methoxy groups -OCH3 is 1. The van der Waals surface area contributed by atoms with Gasteiger partial charge in [0.15, 0.2) is 6.61 Å². The molecule has 0 unspecified atom stereocenters. The van der Waals surface area contributed by atoms with Crippen molar-refractivity contribution in [3.05, 3.63) is 53.9 Å². The van der Waals surface area contributed by atoms with Crippen LogP contribution in [0.5, 0.6) is 5.75 Å². The van der Waals surface area contributed by atoms with Crippen LogP contribution in [0.15, 0.2) is 47.5 Å². The average Bonchev–Trinajstić information content (AvgIpc) is 2.75. The molecule has 0 aliphatic carbocycles. The normalized spacial score (nSPS) is 11.4. The first-order valence-corrected chi connectivity index (χ1v) is 10.1. The molecule has 2 N–H and O–H groups in total. The Morgan fingerprint density at radius 2 is 1.72 bits per heavy atom. The summed E-state index contributed by atoms with van der Waals surface area (Å²) < 4.78 is 71.9. The van der Waals surface area contributed by atoms with E-state index in [0.29, 0.717) is 0 Å². The van der Waals surface area contributed by atoms with Crippen molar-refractivity contribution in [1.29, 1.82) is 0 Å². The molecule has 172 valence electrons. The molecular weight excluding hydrogens is 459 g/mol. The second-order valence-corrected chi connectivity index (χ2v) is 7.68. The Balaban J connectivity index is 2.08. The van der Waals surface area contributed by atoms with E-state index in [1.807, 2.05) is 0 Å². The molecule has 1 heterocycles. The second kappa shape index (κ2) is 10.1. The zero-order valence-corrected chi connectivity index (χ0v) is 17.1. The Hall–Kier alpha value is -3.68. The third-order valence-corrected chi connectivity index (χ3v) is 4.99. The maximum absolute atomic E-state index is 12.4. The zero-order valence-electron chi connectivity index (χ0n) is 16.3. The molecule has 1 aromatic heterocycles. The minimum atomic E-state index is -4.56. The number of hydrogen-bond acceptors (Lipinski definition) is 8. The van der Waals surface area contributed by atoms with Gasteiger partial charge in [0.1, 0.15) is 18.0 Å². The fourth-order valence-corrected chi connectivity index (χ4v) is 3.11. The molecule has 0 saturated heterocycles. The Morgan fingerprint density at radius 3 is 2.31 bits per heavy atom. The van der Waals surface area contributed by atoms with Crippen molar-refractivity contribution in [3.63, 3.8) is 0 Å². The van der Waals surface area contributed by atoms with Crippen molar-refractivity contribution in [2.45, 2.75) is 11.1 Å². The zero-order chi connectivity index (χ0) is 23.9. The quantitative estimate of drug-likeness (QED) is 0.540. The maximum atomic E-state index is 12.4. The summed E-state index contributed by atoms with van der Waals surface area (Å²) in [5.74, 6) is -2.83. The van der Waals surface area contributed by atoms with Crippen molar-refractivity contribution in [1.82, 2.24) is 15.0 Å². The molecule has 0 bridgehead atoms. The largest absolute Gasteiger partial charge is 0.484 e. The third kappa shape index (κ3) is 7.23. The highest BCUT2D eigenvalue weighted by molar-refractivity contribution is 7.90. The number of carbonyl (C=O) groups excluding carboxylic acids is 3. The third-order valence-electron chi connectivity index (χ3n) is 3.64. The summed E-state index contributed by atoms with van der Waals surface area (Å²) in [5, 5.41) is 2.21. The molecule has 2 aromatic rings. The highest BCUT2D eigenvalue weighted by Crippen LogP contribution is 2.20. The number of sulfonamides is 1. The van der Waals surface area contributed by atoms with Crippen molar-refractivity contribution >= 4 is 27.8 Å². The van der Waals surface area contributed by atoms with Gasteiger partial charge in [0.05, 0.1) is 12.0 Å². The van der Waals surface area contributed by atoms with Gasteiger partial charge in [-0.05, 0) is 36.4 Å². The van der Waals surface area contributed by atoms with E-state index >= 15 is 0 Å². The van der Waals surface area contributed by atoms with Gasteiger partial charge in [0.2, 0.25) is 0 Å². The number of rotatable bonds is 8. The number of esters is 1. The first-order chi connectivity index (χ1) is 14.9. The van der Waals surface area contributed by atoms with Crippen LogP contribution in [-0.2, 0) is 19.6 Å². The van der Waals surface area contributed by atoms with Gasteiger partial charge in [-0.2, -0.15) is 13.2 Å². The van der Waals surface area contributed by atoms with Crippen LogP contribution >= 0.6 is 0 Å². The molecule has 0 aliphatic rings. The van der Waals surface area contributed by atoms with Crippen LogP contribution in [0, 0.1) is 0 Å². The highest BCUT2D eigenvalue weighted by atomic mass is 32.2. The number of hydrogen-bond donors (Lipinski definition) is 2. The maximum Gasteiger partial charge on any atom is 0.422 e. The molecule has 1 aromatic carbocycles. The predicted molar refractivity (Wildman–Crippen MR) is 101 cm³/mol. The summed E-state index contributed by atoms with van der Waals surface area (Å²) >= 11 is 0. The van der Waals surface area contributed by atoms with E-state index in [9.17, 15) is 36.0 Å². The number of halogens is 3. The molecule has 0 spiro atoms. The molecule has 0 radical (unpaired) electrons. The number of nitrogens with zero attached hydrogens (tertiary/aromatic N) is 1. The predicted octanol–water partition coefficient (Wildman–Crippen LogP) is 1.04. The lowest BCUT2D eigenvalue weighted by atomic mass is 10.2. The summed E-state index contributed by atoms with van der Waals surface area (Å²) in [7, 11) is -3.26. The Labute approximate surface area is 179 Å².